The third kappa shape index (κ3) is 7.61. The van der Waals surface area contributed by atoms with Crippen LogP contribution < -0.4 is 5.32 Å². The summed E-state index contributed by atoms with van der Waals surface area (Å²) in [4.78, 5) is 0. The van der Waals surface area contributed by atoms with Crippen LogP contribution in [-0.2, 0) is 10.0 Å². The van der Waals surface area contributed by atoms with Gasteiger partial charge in [-0.1, -0.05) is 27.7 Å². The molecule has 0 saturated carbocycles. The van der Waals surface area contributed by atoms with Gasteiger partial charge in [0, 0.05) is 19.1 Å². The first-order valence-electron chi connectivity index (χ1n) is 8.30. The van der Waals surface area contributed by atoms with Gasteiger partial charge in [-0.3, -0.25) is 0 Å². The van der Waals surface area contributed by atoms with E-state index in [0.717, 1.165) is 38.6 Å². The maximum Gasteiger partial charge on any atom is 0.211 e. The van der Waals surface area contributed by atoms with Crippen LogP contribution in [0, 0.1) is 11.3 Å². The summed E-state index contributed by atoms with van der Waals surface area (Å²) in [6, 6.07) is 0.495. The Bertz CT molecular complexity index is 401. The van der Waals surface area contributed by atoms with E-state index in [1.165, 1.54) is 6.26 Å². The van der Waals surface area contributed by atoms with Gasteiger partial charge in [-0.15, -0.1) is 0 Å². The topological polar surface area (TPSA) is 49.4 Å². The monoisotopic (exact) mass is 318 g/mol. The first kappa shape index (κ1) is 18.9. The molecule has 1 aliphatic heterocycles. The van der Waals surface area contributed by atoms with Crippen LogP contribution in [0.3, 0.4) is 0 Å². The normalized spacial score (nSPS) is 23.2. The highest BCUT2D eigenvalue weighted by Gasteiger charge is 2.28. The minimum atomic E-state index is -3.03. The molecular weight excluding hydrogens is 284 g/mol. The minimum Gasteiger partial charge on any atom is -0.314 e. The Hall–Kier alpha value is -0.130. The molecule has 1 heterocycles. The Morgan fingerprint density at radius 2 is 2.00 bits per heavy atom. The summed E-state index contributed by atoms with van der Waals surface area (Å²) in [6.07, 6.45) is 6.85. The van der Waals surface area contributed by atoms with Gasteiger partial charge in [-0.25, -0.2) is 12.7 Å². The molecule has 0 spiro atoms. The molecule has 0 aromatic rings. The molecule has 2 unspecified atom stereocenters. The Kier molecular flexibility index (Phi) is 7.14. The van der Waals surface area contributed by atoms with Crippen LogP contribution in [-0.4, -0.2) is 44.7 Å². The maximum absolute atomic E-state index is 11.7. The van der Waals surface area contributed by atoms with Crippen molar-refractivity contribution in [3.05, 3.63) is 0 Å². The predicted molar refractivity (Wildman–Crippen MR) is 89.9 cm³/mol. The maximum atomic E-state index is 11.7. The Morgan fingerprint density at radius 1 is 1.33 bits per heavy atom. The Morgan fingerprint density at radius 3 is 2.52 bits per heavy atom. The Labute approximate surface area is 131 Å². The quantitative estimate of drug-likeness (QED) is 0.785. The van der Waals surface area contributed by atoms with E-state index in [9.17, 15) is 8.42 Å². The van der Waals surface area contributed by atoms with Crippen molar-refractivity contribution in [2.24, 2.45) is 11.3 Å². The van der Waals surface area contributed by atoms with E-state index in [0.29, 0.717) is 30.5 Å². The van der Waals surface area contributed by atoms with Crippen LogP contribution in [0.5, 0.6) is 0 Å². The fourth-order valence-electron chi connectivity index (χ4n) is 3.25. The first-order valence-corrected chi connectivity index (χ1v) is 10.1. The number of hydrogen-bond donors (Lipinski definition) is 1. The van der Waals surface area contributed by atoms with Crippen LogP contribution in [0.2, 0.25) is 0 Å². The summed E-state index contributed by atoms with van der Waals surface area (Å²) >= 11 is 0. The lowest BCUT2D eigenvalue weighted by Gasteiger charge is -2.35. The number of hydrogen-bond acceptors (Lipinski definition) is 3. The molecule has 0 radical (unpaired) electrons. The summed E-state index contributed by atoms with van der Waals surface area (Å²) in [5.74, 6) is 0.491. The average Bonchev–Trinajstić information content (AvgIpc) is 2.33. The lowest BCUT2D eigenvalue weighted by Crippen LogP contribution is -2.42. The van der Waals surface area contributed by atoms with E-state index >= 15 is 0 Å². The van der Waals surface area contributed by atoms with Crippen molar-refractivity contribution in [3.8, 4) is 0 Å². The highest BCUT2D eigenvalue weighted by molar-refractivity contribution is 7.88. The molecule has 0 amide bonds. The standard InChI is InChI=1S/C16H34N2O2S/c1-6-9-17-15(12-16(2,3)4)11-14-8-7-10-18(13-14)21(5,19)20/h14-15,17H,6-13H2,1-5H3. The molecule has 1 N–H and O–H groups in total. The van der Waals surface area contributed by atoms with Crippen molar-refractivity contribution in [2.45, 2.75) is 65.8 Å². The molecule has 1 rings (SSSR count). The number of nitrogens with zero attached hydrogens (tertiary/aromatic N) is 1. The van der Waals surface area contributed by atoms with Crippen molar-refractivity contribution in [1.82, 2.24) is 9.62 Å². The van der Waals surface area contributed by atoms with Gasteiger partial charge < -0.3 is 5.32 Å². The summed E-state index contributed by atoms with van der Waals surface area (Å²) in [6.45, 7) is 11.5. The first-order chi connectivity index (χ1) is 9.62. The predicted octanol–water partition coefficient (Wildman–Crippen LogP) is 2.85. The van der Waals surface area contributed by atoms with E-state index in [1.54, 1.807) is 4.31 Å². The molecule has 1 fully saturated rings. The molecule has 0 bridgehead atoms. The number of rotatable bonds is 7. The summed E-state index contributed by atoms with van der Waals surface area (Å²) in [5.41, 5.74) is 0.302. The van der Waals surface area contributed by atoms with Gasteiger partial charge in [-0.05, 0) is 50.0 Å². The van der Waals surface area contributed by atoms with Crippen LogP contribution in [0.15, 0.2) is 0 Å². The molecule has 0 aliphatic carbocycles. The number of piperidine rings is 1. The molecule has 5 heteroatoms. The minimum absolute atomic E-state index is 0.302. The molecule has 1 aliphatic rings. The van der Waals surface area contributed by atoms with Crippen LogP contribution in [0.1, 0.15) is 59.8 Å². The molecular formula is C16H34N2O2S. The highest BCUT2D eigenvalue weighted by atomic mass is 32.2. The SMILES string of the molecule is CCCNC(CC1CCCN(S(C)(=O)=O)C1)CC(C)(C)C. The van der Waals surface area contributed by atoms with Gasteiger partial charge >= 0.3 is 0 Å². The van der Waals surface area contributed by atoms with Crippen molar-refractivity contribution in [3.63, 3.8) is 0 Å². The lowest BCUT2D eigenvalue weighted by atomic mass is 9.83. The molecule has 4 nitrogen and oxygen atoms in total. The third-order valence-corrected chi connectivity index (χ3v) is 5.38. The zero-order valence-electron chi connectivity index (χ0n) is 14.5. The van der Waals surface area contributed by atoms with Gasteiger partial charge in [0.25, 0.3) is 0 Å². The fraction of sp³-hybridized carbons (Fsp3) is 1.00. The number of sulfonamides is 1. The second kappa shape index (κ2) is 7.93. The highest BCUT2D eigenvalue weighted by Crippen LogP contribution is 2.28. The van der Waals surface area contributed by atoms with E-state index in [-0.39, 0.29) is 0 Å². The molecule has 1 saturated heterocycles. The van der Waals surface area contributed by atoms with Gasteiger partial charge in [0.2, 0.25) is 10.0 Å². The molecule has 0 aromatic heterocycles. The number of nitrogens with one attached hydrogen (secondary N) is 1. The molecule has 2 atom stereocenters. The van der Waals surface area contributed by atoms with Crippen LogP contribution >= 0.6 is 0 Å². The summed E-state index contributed by atoms with van der Waals surface area (Å²) in [5, 5.41) is 3.66. The molecule has 126 valence electrons. The zero-order valence-corrected chi connectivity index (χ0v) is 15.3. The third-order valence-electron chi connectivity index (χ3n) is 4.11. The van der Waals surface area contributed by atoms with Gasteiger partial charge in [0.05, 0.1) is 6.26 Å². The summed E-state index contributed by atoms with van der Waals surface area (Å²) < 4.78 is 25.1. The fourth-order valence-corrected chi connectivity index (χ4v) is 4.19. The second-order valence-corrected chi connectivity index (χ2v) is 9.76. The van der Waals surface area contributed by atoms with Crippen molar-refractivity contribution < 1.29 is 8.42 Å². The molecule has 0 aromatic carbocycles. The Balaban J connectivity index is 2.60. The summed E-state index contributed by atoms with van der Waals surface area (Å²) in [7, 11) is -3.03. The van der Waals surface area contributed by atoms with E-state index in [4.69, 9.17) is 0 Å². The van der Waals surface area contributed by atoms with Crippen molar-refractivity contribution >= 4 is 10.0 Å². The second-order valence-electron chi connectivity index (χ2n) is 7.78. The van der Waals surface area contributed by atoms with Gasteiger partial charge in [-0.2, -0.15) is 0 Å². The van der Waals surface area contributed by atoms with Gasteiger partial charge in [0.15, 0.2) is 0 Å². The molecule has 21 heavy (non-hydrogen) atoms. The smallest absolute Gasteiger partial charge is 0.211 e. The van der Waals surface area contributed by atoms with Gasteiger partial charge in [0.1, 0.15) is 0 Å². The zero-order chi connectivity index (χ0) is 16.1. The van der Waals surface area contributed by atoms with E-state index in [2.05, 4.69) is 33.0 Å². The van der Waals surface area contributed by atoms with E-state index < -0.39 is 10.0 Å². The van der Waals surface area contributed by atoms with E-state index in [1.807, 2.05) is 0 Å². The van der Waals surface area contributed by atoms with Crippen LogP contribution in [0.25, 0.3) is 0 Å². The van der Waals surface area contributed by atoms with Crippen molar-refractivity contribution in [2.75, 3.05) is 25.9 Å². The average molecular weight is 319 g/mol. The van der Waals surface area contributed by atoms with Crippen molar-refractivity contribution in [1.29, 1.82) is 0 Å². The lowest BCUT2D eigenvalue weighted by molar-refractivity contribution is 0.212. The largest absolute Gasteiger partial charge is 0.314 e. The van der Waals surface area contributed by atoms with Crippen LogP contribution in [0.4, 0.5) is 0 Å².